The van der Waals surface area contributed by atoms with Crippen LogP contribution in [0.1, 0.15) is 31.7 Å². The number of amides is 1. The van der Waals surface area contributed by atoms with Gasteiger partial charge in [0.2, 0.25) is 15.9 Å². The van der Waals surface area contributed by atoms with Gasteiger partial charge in [0.05, 0.1) is 6.26 Å². The number of nitrogens with one attached hydrogen (secondary N) is 1. The van der Waals surface area contributed by atoms with Crippen molar-refractivity contribution >= 4 is 15.9 Å². The van der Waals surface area contributed by atoms with Gasteiger partial charge in [-0.25, -0.2) is 12.7 Å². The first kappa shape index (κ1) is 18.6. The summed E-state index contributed by atoms with van der Waals surface area (Å²) in [6, 6.07) is 10.00. The molecule has 0 saturated carbocycles. The van der Waals surface area contributed by atoms with Gasteiger partial charge in [-0.3, -0.25) is 4.79 Å². The third-order valence-electron chi connectivity index (χ3n) is 3.35. The summed E-state index contributed by atoms with van der Waals surface area (Å²) in [7, 11) is -3.25. The van der Waals surface area contributed by atoms with Crippen molar-refractivity contribution < 1.29 is 13.2 Å². The summed E-state index contributed by atoms with van der Waals surface area (Å²) in [5, 5.41) is 2.75. The van der Waals surface area contributed by atoms with Gasteiger partial charge < -0.3 is 5.32 Å². The quantitative estimate of drug-likeness (QED) is 0.713. The van der Waals surface area contributed by atoms with E-state index in [1.54, 1.807) is 0 Å². The van der Waals surface area contributed by atoms with Gasteiger partial charge in [-0.15, -0.1) is 0 Å². The Hall–Kier alpha value is -1.40. The lowest BCUT2D eigenvalue weighted by atomic mass is 10.1. The zero-order valence-electron chi connectivity index (χ0n) is 13.4. The Morgan fingerprint density at radius 2 is 1.86 bits per heavy atom. The number of nitrogens with zero attached hydrogens (tertiary/aromatic N) is 1. The summed E-state index contributed by atoms with van der Waals surface area (Å²) >= 11 is 0. The molecule has 1 aromatic carbocycles. The van der Waals surface area contributed by atoms with Crippen molar-refractivity contribution in [1.29, 1.82) is 0 Å². The van der Waals surface area contributed by atoms with Gasteiger partial charge in [0, 0.05) is 26.1 Å². The van der Waals surface area contributed by atoms with Crippen LogP contribution < -0.4 is 5.32 Å². The second-order valence-corrected chi connectivity index (χ2v) is 7.33. The zero-order valence-corrected chi connectivity index (χ0v) is 14.2. The lowest BCUT2D eigenvalue weighted by Gasteiger charge is -2.20. The van der Waals surface area contributed by atoms with E-state index in [-0.39, 0.29) is 5.91 Å². The van der Waals surface area contributed by atoms with Crippen LogP contribution in [0.15, 0.2) is 30.3 Å². The number of hydrogen-bond acceptors (Lipinski definition) is 3. The molecule has 5 nitrogen and oxygen atoms in total. The van der Waals surface area contributed by atoms with Crippen molar-refractivity contribution in [2.75, 3.05) is 25.9 Å². The zero-order chi connectivity index (χ0) is 16.4. The standard InChI is InChI=1S/C16H26N2O3S/c1-3-8-16(19)17-12-14-18(22(2,20)21)13-7-11-15-9-5-4-6-10-15/h4-6,9-10H,3,7-8,11-14H2,1-2H3,(H,17,19). The first-order valence-corrected chi connectivity index (χ1v) is 9.54. The lowest BCUT2D eigenvalue weighted by Crippen LogP contribution is -2.38. The number of aryl methyl sites for hydroxylation is 1. The number of sulfonamides is 1. The molecule has 0 fully saturated rings. The first-order chi connectivity index (χ1) is 10.4. The number of carbonyl (C=O) groups excluding carboxylic acids is 1. The highest BCUT2D eigenvalue weighted by Gasteiger charge is 2.15. The van der Waals surface area contributed by atoms with E-state index < -0.39 is 10.0 Å². The number of carbonyl (C=O) groups is 1. The molecule has 0 unspecified atom stereocenters. The van der Waals surface area contributed by atoms with E-state index in [4.69, 9.17) is 0 Å². The Morgan fingerprint density at radius 1 is 1.18 bits per heavy atom. The van der Waals surface area contributed by atoms with E-state index in [0.717, 1.165) is 19.3 Å². The van der Waals surface area contributed by atoms with Gasteiger partial charge in [0.15, 0.2) is 0 Å². The minimum Gasteiger partial charge on any atom is -0.355 e. The molecule has 0 aliphatic heterocycles. The van der Waals surface area contributed by atoms with Crippen molar-refractivity contribution in [2.24, 2.45) is 0 Å². The molecule has 0 aliphatic carbocycles. The molecule has 0 radical (unpaired) electrons. The smallest absolute Gasteiger partial charge is 0.220 e. The third kappa shape index (κ3) is 7.56. The van der Waals surface area contributed by atoms with E-state index in [1.807, 2.05) is 37.3 Å². The largest absolute Gasteiger partial charge is 0.355 e. The molecule has 6 heteroatoms. The van der Waals surface area contributed by atoms with Crippen LogP contribution in [0.2, 0.25) is 0 Å². The van der Waals surface area contributed by atoms with E-state index in [1.165, 1.54) is 16.1 Å². The highest BCUT2D eigenvalue weighted by atomic mass is 32.2. The second-order valence-electron chi connectivity index (χ2n) is 5.35. The van der Waals surface area contributed by atoms with Crippen molar-refractivity contribution in [2.45, 2.75) is 32.6 Å². The maximum Gasteiger partial charge on any atom is 0.220 e. The summed E-state index contributed by atoms with van der Waals surface area (Å²) < 4.78 is 25.0. The van der Waals surface area contributed by atoms with E-state index in [9.17, 15) is 13.2 Å². The fraction of sp³-hybridized carbons (Fsp3) is 0.562. The number of hydrogen-bond donors (Lipinski definition) is 1. The molecule has 0 aliphatic rings. The van der Waals surface area contributed by atoms with Crippen LogP contribution in [-0.4, -0.2) is 44.5 Å². The van der Waals surface area contributed by atoms with Gasteiger partial charge in [0.25, 0.3) is 0 Å². The highest BCUT2D eigenvalue weighted by Crippen LogP contribution is 2.05. The van der Waals surface area contributed by atoms with E-state index >= 15 is 0 Å². The molecule has 0 aromatic heterocycles. The predicted molar refractivity (Wildman–Crippen MR) is 89.1 cm³/mol. The maximum atomic E-state index is 11.8. The van der Waals surface area contributed by atoms with Crippen LogP contribution in [-0.2, 0) is 21.2 Å². The van der Waals surface area contributed by atoms with Crippen LogP contribution in [0.3, 0.4) is 0 Å². The summed E-state index contributed by atoms with van der Waals surface area (Å²) in [6.45, 7) is 3.09. The van der Waals surface area contributed by atoms with Gasteiger partial charge in [-0.1, -0.05) is 37.3 Å². The molecule has 1 N–H and O–H groups in total. The summed E-state index contributed by atoms with van der Waals surface area (Å²) in [5.41, 5.74) is 1.20. The topological polar surface area (TPSA) is 66.5 Å². The highest BCUT2D eigenvalue weighted by molar-refractivity contribution is 7.88. The molecule has 1 amide bonds. The van der Waals surface area contributed by atoms with Gasteiger partial charge in [-0.05, 0) is 24.8 Å². The van der Waals surface area contributed by atoms with Crippen molar-refractivity contribution in [1.82, 2.24) is 9.62 Å². The molecule has 1 rings (SSSR count). The van der Waals surface area contributed by atoms with Gasteiger partial charge in [-0.2, -0.15) is 0 Å². The average molecular weight is 326 g/mol. The van der Waals surface area contributed by atoms with Gasteiger partial charge >= 0.3 is 0 Å². The second kappa shape index (κ2) is 9.58. The van der Waals surface area contributed by atoms with Crippen LogP contribution >= 0.6 is 0 Å². The van der Waals surface area contributed by atoms with Crippen molar-refractivity contribution in [3.8, 4) is 0 Å². The first-order valence-electron chi connectivity index (χ1n) is 7.69. The van der Waals surface area contributed by atoms with Crippen LogP contribution in [0.25, 0.3) is 0 Å². The van der Waals surface area contributed by atoms with Crippen LogP contribution in [0.5, 0.6) is 0 Å². The van der Waals surface area contributed by atoms with Crippen LogP contribution in [0, 0.1) is 0 Å². The minimum absolute atomic E-state index is 0.0276. The Kier molecular flexibility index (Phi) is 8.12. The monoisotopic (exact) mass is 326 g/mol. The number of benzene rings is 1. The Balaban J connectivity index is 2.40. The maximum absolute atomic E-state index is 11.8. The fourth-order valence-corrected chi connectivity index (χ4v) is 3.07. The normalized spacial score (nSPS) is 11.6. The summed E-state index contributed by atoms with van der Waals surface area (Å²) in [6.07, 6.45) is 4.09. The molecule has 124 valence electrons. The molecule has 0 bridgehead atoms. The van der Waals surface area contributed by atoms with Crippen LogP contribution in [0.4, 0.5) is 0 Å². The Bertz CT molecular complexity index is 544. The fourth-order valence-electron chi connectivity index (χ4n) is 2.18. The summed E-state index contributed by atoms with van der Waals surface area (Å²) in [4.78, 5) is 11.4. The number of rotatable bonds is 10. The Labute approximate surface area is 133 Å². The summed E-state index contributed by atoms with van der Waals surface area (Å²) in [5.74, 6) is -0.0276. The van der Waals surface area contributed by atoms with Gasteiger partial charge in [0.1, 0.15) is 0 Å². The minimum atomic E-state index is -3.25. The molecule has 0 spiro atoms. The molecule has 0 atom stereocenters. The van der Waals surface area contributed by atoms with Crippen molar-refractivity contribution in [3.05, 3.63) is 35.9 Å². The van der Waals surface area contributed by atoms with E-state index in [0.29, 0.717) is 26.1 Å². The third-order valence-corrected chi connectivity index (χ3v) is 4.65. The van der Waals surface area contributed by atoms with E-state index in [2.05, 4.69) is 5.32 Å². The molecular weight excluding hydrogens is 300 g/mol. The Morgan fingerprint density at radius 3 is 2.45 bits per heavy atom. The molecule has 0 heterocycles. The average Bonchev–Trinajstić information content (AvgIpc) is 2.46. The lowest BCUT2D eigenvalue weighted by molar-refractivity contribution is -0.121. The molecule has 0 saturated heterocycles. The molecule has 1 aromatic rings. The SMILES string of the molecule is CCCC(=O)NCCN(CCCc1ccccc1)S(C)(=O)=O. The predicted octanol–water partition coefficient (Wildman–Crippen LogP) is 1.80. The molecule has 22 heavy (non-hydrogen) atoms. The van der Waals surface area contributed by atoms with Crippen molar-refractivity contribution in [3.63, 3.8) is 0 Å². The molecular formula is C16H26N2O3S.